The van der Waals surface area contributed by atoms with E-state index in [1.165, 1.54) is 0 Å². The first-order chi connectivity index (χ1) is 6.93. The van der Waals surface area contributed by atoms with Crippen molar-refractivity contribution in [3.05, 3.63) is 27.7 Å². The van der Waals surface area contributed by atoms with Crippen LogP contribution in [-0.2, 0) is 6.42 Å². The Hall–Kier alpha value is -0.680. The lowest BCUT2D eigenvalue weighted by atomic mass is 10.0. The van der Waals surface area contributed by atoms with Crippen LogP contribution in [0.25, 0.3) is 0 Å². The monoisotopic (exact) mass is 277 g/mol. The predicted octanol–water partition coefficient (Wildman–Crippen LogP) is 2.47. The van der Waals surface area contributed by atoms with Gasteiger partial charge < -0.3 is 10.8 Å². The van der Waals surface area contributed by atoms with Crippen molar-refractivity contribution in [1.82, 2.24) is 0 Å². The van der Waals surface area contributed by atoms with Crippen LogP contribution in [-0.4, -0.2) is 10.6 Å². The number of aromatic hydroxyl groups is 1. The van der Waals surface area contributed by atoms with Gasteiger partial charge in [0.2, 0.25) is 0 Å². The van der Waals surface area contributed by atoms with Gasteiger partial charge in [-0.3, -0.25) is 0 Å². The molecule has 0 unspecified atom stereocenters. The SMILES string of the molecule is NC1(Cc2c(O)c(F)cc(Br)c2F)CC1. The van der Waals surface area contributed by atoms with Crippen molar-refractivity contribution >= 4 is 15.9 Å². The zero-order valence-electron chi connectivity index (χ0n) is 7.86. The zero-order chi connectivity index (χ0) is 11.2. The lowest BCUT2D eigenvalue weighted by molar-refractivity contribution is 0.412. The van der Waals surface area contributed by atoms with Crippen molar-refractivity contribution in [2.75, 3.05) is 0 Å². The molecule has 15 heavy (non-hydrogen) atoms. The van der Waals surface area contributed by atoms with Crippen LogP contribution in [0.2, 0.25) is 0 Å². The van der Waals surface area contributed by atoms with Gasteiger partial charge in [0, 0.05) is 11.1 Å². The molecule has 82 valence electrons. The largest absolute Gasteiger partial charge is 0.505 e. The van der Waals surface area contributed by atoms with E-state index in [1.807, 2.05) is 0 Å². The van der Waals surface area contributed by atoms with Crippen molar-refractivity contribution in [1.29, 1.82) is 0 Å². The number of benzene rings is 1. The van der Waals surface area contributed by atoms with Crippen molar-refractivity contribution in [2.24, 2.45) is 5.73 Å². The average Bonchev–Trinajstić information content (AvgIpc) is 2.89. The minimum Gasteiger partial charge on any atom is -0.505 e. The Morgan fingerprint density at radius 2 is 2.07 bits per heavy atom. The number of phenols is 1. The molecular formula is C10H10BrF2NO. The summed E-state index contributed by atoms with van der Waals surface area (Å²) in [5.74, 6) is -2.10. The molecule has 0 aromatic heterocycles. The summed E-state index contributed by atoms with van der Waals surface area (Å²) in [4.78, 5) is 0. The van der Waals surface area contributed by atoms with Crippen molar-refractivity contribution in [3.8, 4) is 5.75 Å². The summed E-state index contributed by atoms with van der Waals surface area (Å²) in [5, 5.41) is 9.40. The Balaban J connectivity index is 2.44. The standard InChI is InChI=1S/C10H10BrF2NO/c11-6-3-7(12)9(15)5(8(6)13)4-10(14)1-2-10/h3,15H,1-2,4,14H2. The van der Waals surface area contributed by atoms with Crippen LogP contribution in [0.1, 0.15) is 18.4 Å². The highest BCUT2D eigenvalue weighted by atomic mass is 79.9. The molecule has 1 fully saturated rings. The summed E-state index contributed by atoms with van der Waals surface area (Å²) < 4.78 is 26.7. The van der Waals surface area contributed by atoms with E-state index < -0.39 is 22.9 Å². The summed E-state index contributed by atoms with van der Waals surface area (Å²) in [6.07, 6.45) is 1.72. The minimum absolute atomic E-state index is 0.0112. The van der Waals surface area contributed by atoms with Gasteiger partial charge in [-0.2, -0.15) is 0 Å². The van der Waals surface area contributed by atoms with Crippen LogP contribution in [0.3, 0.4) is 0 Å². The Kier molecular flexibility index (Phi) is 2.47. The summed E-state index contributed by atoms with van der Waals surface area (Å²) in [7, 11) is 0. The van der Waals surface area contributed by atoms with Gasteiger partial charge in [-0.1, -0.05) is 0 Å². The molecule has 0 heterocycles. The van der Waals surface area contributed by atoms with Gasteiger partial charge >= 0.3 is 0 Å². The van der Waals surface area contributed by atoms with Crippen molar-refractivity contribution in [2.45, 2.75) is 24.8 Å². The molecule has 1 aliphatic rings. The lowest BCUT2D eigenvalue weighted by Gasteiger charge is -2.12. The van der Waals surface area contributed by atoms with Crippen LogP contribution in [0.15, 0.2) is 10.5 Å². The molecule has 5 heteroatoms. The number of hydrogen-bond acceptors (Lipinski definition) is 2. The zero-order valence-corrected chi connectivity index (χ0v) is 9.44. The normalized spacial score (nSPS) is 17.9. The average molecular weight is 278 g/mol. The highest BCUT2D eigenvalue weighted by Crippen LogP contribution is 2.40. The van der Waals surface area contributed by atoms with Crippen molar-refractivity contribution < 1.29 is 13.9 Å². The topological polar surface area (TPSA) is 46.2 Å². The third-order valence-electron chi connectivity index (χ3n) is 2.66. The molecule has 0 spiro atoms. The van der Waals surface area contributed by atoms with Crippen molar-refractivity contribution in [3.63, 3.8) is 0 Å². The third-order valence-corrected chi connectivity index (χ3v) is 3.24. The van der Waals surface area contributed by atoms with Crippen LogP contribution in [0.4, 0.5) is 8.78 Å². The molecule has 0 amide bonds. The minimum atomic E-state index is -0.831. The number of hydrogen-bond donors (Lipinski definition) is 2. The molecular weight excluding hydrogens is 268 g/mol. The second kappa shape index (κ2) is 3.42. The van der Waals surface area contributed by atoms with Crippen LogP contribution >= 0.6 is 15.9 Å². The van der Waals surface area contributed by atoms with E-state index in [9.17, 15) is 13.9 Å². The maximum Gasteiger partial charge on any atom is 0.166 e. The molecule has 0 radical (unpaired) electrons. The maximum absolute atomic E-state index is 13.6. The fourth-order valence-electron chi connectivity index (χ4n) is 1.49. The summed E-state index contributed by atoms with van der Waals surface area (Å²) >= 11 is 2.89. The van der Waals surface area contributed by atoms with Crippen LogP contribution in [0, 0.1) is 11.6 Å². The fourth-order valence-corrected chi connectivity index (χ4v) is 1.93. The van der Waals surface area contributed by atoms with Crippen LogP contribution in [0.5, 0.6) is 5.75 Å². The lowest BCUT2D eigenvalue weighted by Crippen LogP contribution is -2.25. The van der Waals surface area contributed by atoms with Gasteiger partial charge in [0.25, 0.3) is 0 Å². The third kappa shape index (κ3) is 1.99. The highest BCUT2D eigenvalue weighted by molar-refractivity contribution is 9.10. The van der Waals surface area contributed by atoms with Gasteiger partial charge in [0.05, 0.1) is 4.47 Å². The van der Waals surface area contributed by atoms with E-state index in [1.54, 1.807) is 0 Å². The summed E-state index contributed by atoms with van der Waals surface area (Å²) in [5.41, 5.74) is 5.29. The van der Waals surface area contributed by atoms with Gasteiger partial charge in [0.1, 0.15) is 5.82 Å². The summed E-state index contributed by atoms with van der Waals surface area (Å²) in [6.45, 7) is 0. The van der Waals surface area contributed by atoms with Gasteiger partial charge in [-0.05, 0) is 41.3 Å². The van der Waals surface area contributed by atoms with E-state index in [4.69, 9.17) is 5.73 Å². The predicted molar refractivity (Wildman–Crippen MR) is 55.6 cm³/mol. The first kappa shape index (κ1) is 10.8. The van der Waals surface area contributed by atoms with Gasteiger partial charge in [-0.25, -0.2) is 8.78 Å². The molecule has 2 nitrogen and oxygen atoms in total. The molecule has 1 aromatic rings. The smallest absolute Gasteiger partial charge is 0.166 e. The highest BCUT2D eigenvalue weighted by Gasteiger charge is 2.40. The number of phenolic OH excluding ortho intramolecular Hbond substituents is 1. The Labute approximate surface area is 94.2 Å². The molecule has 3 N–H and O–H groups in total. The van der Waals surface area contributed by atoms with E-state index >= 15 is 0 Å². The molecule has 2 rings (SSSR count). The van der Waals surface area contributed by atoms with E-state index in [0.717, 1.165) is 18.9 Å². The number of rotatable bonds is 2. The molecule has 0 atom stereocenters. The summed E-state index contributed by atoms with van der Waals surface area (Å²) in [6, 6.07) is 0.907. The first-order valence-electron chi connectivity index (χ1n) is 4.57. The van der Waals surface area contributed by atoms with E-state index in [-0.39, 0.29) is 16.5 Å². The maximum atomic E-state index is 13.6. The first-order valence-corrected chi connectivity index (χ1v) is 5.36. The molecule has 1 saturated carbocycles. The Morgan fingerprint density at radius 3 is 2.60 bits per heavy atom. The molecule has 1 aliphatic carbocycles. The quantitative estimate of drug-likeness (QED) is 0.816. The molecule has 1 aromatic carbocycles. The second-order valence-electron chi connectivity index (χ2n) is 4.02. The molecule has 0 aliphatic heterocycles. The Bertz CT molecular complexity index is 392. The number of nitrogens with two attached hydrogens (primary N) is 1. The van der Waals surface area contributed by atoms with Crippen LogP contribution < -0.4 is 5.73 Å². The van der Waals surface area contributed by atoms with E-state index in [0.29, 0.717) is 0 Å². The van der Waals surface area contributed by atoms with E-state index in [2.05, 4.69) is 15.9 Å². The number of halogens is 3. The second-order valence-corrected chi connectivity index (χ2v) is 4.87. The Morgan fingerprint density at radius 1 is 1.47 bits per heavy atom. The molecule has 0 bridgehead atoms. The fraction of sp³-hybridized carbons (Fsp3) is 0.400. The van der Waals surface area contributed by atoms with Gasteiger partial charge in [-0.15, -0.1) is 0 Å². The van der Waals surface area contributed by atoms with Gasteiger partial charge in [0.15, 0.2) is 11.6 Å². The molecule has 0 saturated heterocycles.